The third kappa shape index (κ3) is 23.7. The first kappa shape index (κ1) is 106. The Kier molecular flexibility index (Phi) is 36.3. The molecule has 6 aromatic carbocycles. The number of hydrogen-bond acceptors (Lipinski definition) is 14. The number of thiophene rings is 3. The van der Waals surface area contributed by atoms with Crippen molar-refractivity contribution in [3.05, 3.63) is 345 Å². The van der Waals surface area contributed by atoms with E-state index in [-0.39, 0.29) is 139 Å². The zero-order valence-corrected chi connectivity index (χ0v) is 83.1. The minimum atomic E-state index is -0.959. The largest absolute Gasteiger partial charge is 2.00 e. The van der Waals surface area contributed by atoms with E-state index in [0.29, 0.717) is 37.1 Å². The summed E-state index contributed by atoms with van der Waals surface area (Å²) in [5.74, 6) is -1.24. The van der Waals surface area contributed by atoms with E-state index < -0.39 is 16.6 Å². The van der Waals surface area contributed by atoms with Crippen molar-refractivity contribution < 1.29 is 72.7 Å². The summed E-state index contributed by atoms with van der Waals surface area (Å²) in [7, 11) is 0. The fourth-order valence-electron chi connectivity index (χ4n) is 19.7. The van der Waals surface area contributed by atoms with Crippen molar-refractivity contribution in [2.24, 2.45) is 39.4 Å². The van der Waals surface area contributed by atoms with Crippen LogP contribution in [-0.4, -0.2) is 110 Å². The number of aliphatic hydroxyl groups is 2. The van der Waals surface area contributed by atoms with Crippen LogP contribution in [0.3, 0.4) is 0 Å². The summed E-state index contributed by atoms with van der Waals surface area (Å²) in [6.45, 7) is 21.1. The molecule has 3 N–H and O–H groups in total. The third-order valence-corrected chi connectivity index (χ3v) is 30.3. The number of nitrogens with zero attached hydrogens (tertiary/aromatic N) is 9. The van der Waals surface area contributed by atoms with E-state index >= 15 is 0 Å². The monoisotopic (exact) mass is 2030 g/mol. The molecule has 4 saturated carbocycles. The molecule has 11 heterocycles. The normalized spacial score (nSPS) is 20.2. The summed E-state index contributed by atoms with van der Waals surface area (Å²) in [6, 6.07) is 49.3. The fourth-order valence-corrected chi connectivity index (χ4v) is 22.1. The van der Waals surface area contributed by atoms with E-state index in [2.05, 4.69) is 117 Å². The van der Waals surface area contributed by atoms with E-state index in [4.69, 9.17) is 0 Å². The summed E-state index contributed by atoms with van der Waals surface area (Å²) in [6.07, 6.45) is 31.1. The molecule has 16 nitrogen and oxygen atoms in total. The summed E-state index contributed by atoms with van der Waals surface area (Å²) in [4.78, 5) is 73.8. The molecule has 136 heavy (non-hydrogen) atoms. The minimum Gasteiger partial charge on any atom is -1.00 e. The van der Waals surface area contributed by atoms with Crippen LogP contribution in [0.15, 0.2) is 272 Å². The van der Waals surface area contributed by atoms with Crippen LogP contribution in [0, 0.1) is 79.7 Å². The molecule has 4 fully saturated rings. The number of allylic oxidation sites excluding steroid dienone is 3. The van der Waals surface area contributed by atoms with Gasteiger partial charge in [-0.25, -0.2) is 57.3 Å². The van der Waals surface area contributed by atoms with Crippen LogP contribution < -0.4 is 17.0 Å². The number of halogens is 8. The molecule has 0 spiro atoms. The van der Waals surface area contributed by atoms with Gasteiger partial charge in [0.25, 0.3) is 0 Å². The molecule has 8 aromatic heterocycles. The summed E-state index contributed by atoms with van der Waals surface area (Å²) in [5, 5.41) is 32.4. The number of rotatable bonds is 14. The van der Waals surface area contributed by atoms with E-state index in [1.54, 1.807) is 131 Å². The van der Waals surface area contributed by atoms with Crippen molar-refractivity contribution in [1.29, 1.82) is 0 Å². The number of hydrogen-bond donors (Lipinski definition) is 3. The van der Waals surface area contributed by atoms with Crippen LogP contribution in [0.4, 0.5) is 26.3 Å². The summed E-state index contributed by atoms with van der Waals surface area (Å²) >= 11 is 7.88. The van der Waals surface area contributed by atoms with Gasteiger partial charge in [0, 0.05) is 117 Å². The van der Waals surface area contributed by atoms with Gasteiger partial charge in [-0.05, 0) is 277 Å². The van der Waals surface area contributed by atoms with Gasteiger partial charge >= 0.3 is 23.1 Å². The Morgan fingerprint density at radius 2 is 0.919 bits per heavy atom. The Labute approximate surface area is 838 Å². The Morgan fingerprint density at radius 1 is 0.529 bits per heavy atom. The predicted molar refractivity (Wildman–Crippen MR) is 532 cm³/mol. The first-order chi connectivity index (χ1) is 64.0. The number of nitrogens with one attached hydrogen (secondary N) is 1. The maximum atomic E-state index is 13.4. The number of benzene rings is 6. The Morgan fingerprint density at radius 3 is 1.28 bits per heavy atom. The zero-order chi connectivity index (χ0) is 94.4. The first-order valence-electron chi connectivity index (χ1n) is 44.4. The average molecular weight is 2040 g/mol. The van der Waals surface area contributed by atoms with Crippen LogP contribution in [0.25, 0.3) is 74.5 Å². The third-order valence-electron chi connectivity index (χ3n) is 27.0. The van der Waals surface area contributed by atoms with Gasteiger partial charge < -0.3 is 66.6 Å². The van der Waals surface area contributed by atoms with E-state index in [9.17, 15) is 55.7 Å². The molecule has 0 unspecified atom stereocenters. The van der Waals surface area contributed by atoms with Gasteiger partial charge in [0.05, 0.1) is 99.9 Å². The second-order valence-electron chi connectivity index (χ2n) is 35.6. The van der Waals surface area contributed by atoms with Gasteiger partial charge in [-0.1, -0.05) is 73.0 Å². The molecule has 8 atom stereocenters. The molecule has 28 heteroatoms. The SMILES string of the molecule is C.C=C.CC1(Cn2cnc(-c3ccc(F)cc3)c2)C(=O)CCCC1=O.C[C@]12Cn3cnc(-c4ccc(F)cc4)c3C=C1CCC[C@@H]2C=O.C[C@]12Cn3cnc(-c4ccc(F)cc4)c3C=C1CCC[C@@H]2[C@](C)(O)c1cccs1.C[C@]12Cn3cnc(-c4ccc(F)cc4)c3C=C1CCC[C@@H]2[C@](C)(O)c1cccs1.Fc1ccc(-c2cnc[nH]2)cc1.O=C(CBr)c1ccc(F)cc1.[Br-].[Mg+2].[c-]1cccs1. The van der Waals surface area contributed by atoms with Gasteiger partial charge in [0.2, 0.25) is 0 Å². The molecular formula is C108H110Br2F6MgN10O6S3. The number of aromatic amines is 1. The molecule has 14 aromatic rings. The van der Waals surface area contributed by atoms with Crippen molar-refractivity contribution >= 4 is 115 Å². The number of fused-ring (bicyclic) bond motifs is 6. The number of H-pyrrole nitrogens is 1. The fraction of sp³-hybridized carbons (Fsp3) is 0.306. The number of alkyl halides is 1. The maximum Gasteiger partial charge on any atom is 2.00 e. The average Bonchev–Trinajstić information content (AvgIpc) is 1.24. The standard InChI is InChI=1S/2C24H25FN2OS.C19H19FN2O.C17H17FN2O2.C9H7FN2.C8H6BrFO.C4H3S.C2H4.CH4.BrH.Mg/c2*1-23-14-27-15-26-22(16-8-10-18(25)11-9-16)19(27)13-17(23)5-3-6-20(23)24(2,28)21-7-4-12-29-21;1-19-11-22-12-21-18(13-5-7-16(20)8-6-13)17(22)9-14(19)3-2-4-15(19)10-23;1-17(15(21)3-2-4-16(17)22)10-20-9-14(19-11-20)12-5-7-13(18)8-6-12;10-8-3-1-7(2-4-8)9-5-11-6-12-9;9-5-8(11)6-1-3-7(10)4-2-6;1-2-4-5-3-1;1-2;;;/h2*4,7-13,15,20,28H,3,5-6,14H2,1-2H3;5-10,12,15H,2-4,11H2,1H3;5-9,11H,2-4,10H2,1H3;1-6H,(H,11,12);1-4H,5H2;1-3H;1-2H2;1H4;1H;/q;;;;;;-1;;;;+2/p-1/t2*20-,23-,24-;15-,19+;;;;;;;;/m001......../s1. The topological polar surface area (TPSA) is 209 Å². The van der Waals surface area contributed by atoms with E-state index in [1.165, 1.54) is 102 Å². The molecule has 3 aliphatic heterocycles. The molecule has 704 valence electrons. The smallest absolute Gasteiger partial charge is 1.00 e. The maximum absolute atomic E-state index is 13.4. The van der Waals surface area contributed by atoms with Gasteiger partial charge in [-0.2, -0.15) is 11.4 Å². The summed E-state index contributed by atoms with van der Waals surface area (Å²) < 4.78 is 85.9. The molecule has 7 aliphatic rings. The number of imidazole rings is 5. The zero-order valence-electron chi connectivity index (χ0n) is 76.1. The number of carbonyl (C=O) groups excluding carboxylic acids is 4. The van der Waals surface area contributed by atoms with Crippen molar-refractivity contribution in [3.63, 3.8) is 0 Å². The molecule has 21 rings (SSSR count). The van der Waals surface area contributed by atoms with E-state index in [1.807, 2.05) is 85.4 Å². The van der Waals surface area contributed by atoms with Crippen molar-refractivity contribution in [1.82, 2.24) is 48.2 Å². The predicted octanol–water partition coefficient (Wildman–Crippen LogP) is 23.1. The Hall–Kier alpha value is -10.7. The van der Waals surface area contributed by atoms with Crippen LogP contribution in [-0.2, 0) is 51.8 Å². The first-order valence-corrected chi connectivity index (χ1v) is 48.1. The Balaban J connectivity index is 0.000000158. The van der Waals surface area contributed by atoms with Gasteiger partial charge in [-0.15, -0.1) is 41.2 Å². The van der Waals surface area contributed by atoms with Gasteiger partial charge in [0.15, 0.2) is 5.78 Å². The molecule has 0 bridgehead atoms. The van der Waals surface area contributed by atoms with Gasteiger partial charge in [-0.3, -0.25) is 14.4 Å². The number of ketones is 3. The molecule has 0 saturated heterocycles. The van der Waals surface area contributed by atoms with Crippen LogP contribution in [0.1, 0.15) is 163 Å². The number of carbonyl (C=O) groups is 4. The van der Waals surface area contributed by atoms with Crippen molar-refractivity contribution in [3.8, 4) is 56.3 Å². The summed E-state index contributed by atoms with van der Waals surface area (Å²) in [5.41, 5.74) is 13.6. The second kappa shape index (κ2) is 46.7. The van der Waals surface area contributed by atoms with Crippen LogP contribution in [0.5, 0.6) is 0 Å². The number of Topliss-reactive ketones (excluding diaryl/α,β-unsaturated/α-hetero) is 3. The van der Waals surface area contributed by atoms with E-state index in [0.717, 1.165) is 161 Å². The van der Waals surface area contributed by atoms with Crippen molar-refractivity contribution in [2.75, 3.05) is 5.33 Å². The number of aromatic nitrogens is 10. The molecular weight excluding hydrogens is 1930 g/mol. The van der Waals surface area contributed by atoms with Gasteiger partial charge in [0.1, 0.15) is 58.2 Å². The minimum absolute atomic E-state index is 0. The Bertz CT molecular complexity index is 6170. The van der Waals surface area contributed by atoms with Crippen LogP contribution in [0.2, 0.25) is 0 Å². The van der Waals surface area contributed by atoms with Crippen molar-refractivity contribution in [2.45, 2.75) is 163 Å². The molecule has 0 amide bonds. The van der Waals surface area contributed by atoms with Crippen LogP contribution >= 0.6 is 49.9 Å². The molecule has 0 radical (unpaired) electrons. The quantitative estimate of drug-likeness (QED) is 0.0136. The second-order valence-corrected chi connectivity index (χ2v) is 38.8. The molecule has 4 aliphatic carbocycles. The number of aldehydes is 1.